The fourth-order valence-electron chi connectivity index (χ4n) is 2.60. The quantitative estimate of drug-likeness (QED) is 0.793. The topological polar surface area (TPSA) is 104 Å². The minimum absolute atomic E-state index is 0.170. The van der Waals surface area contributed by atoms with Crippen LogP contribution in [0, 0.1) is 0 Å². The minimum Gasteiger partial charge on any atom is -0.363 e. The molecule has 0 saturated carbocycles. The van der Waals surface area contributed by atoms with Gasteiger partial charge < -0.3 is 10.2 Å². The summed E-state index contributed by atoms with van der Waals surface area (Å²) in [4.78, 5) is 22.9. The number of nitrogens with zero attached hydrogens (tertiary/aromatic N) is 3. The van der Waals surface area contributed by atoms with Gasteiger partial charge in [-0.05, 0) is 30.7 Å². The summed E-state index contributed by atoms with van der Waals surface area (Å²) in [6, 6.07) is 9.56. The van der Waals surface area contributed by atoms with E-state index < -0.39 is 16.1 Å². The number of carbonyl (C=O) groups is 1. The lowest BCUT2D eigenvalue weighted by atomic mass is 10.2. The molecule has 3 rings (SSSR count). The molecule has 0 radical (unpaired) electrons. The second kappa shape index (κ2) is 7.36. The molecule has 1 atom stereocenters. The van der Waals surface area contributed by atoms with Crippen molar-refractivity contribution >= 4 is 27.6 Å². The summed E-state index contributed by atoms with van der Waals surface area (Å²) in [5, 5.41) is 2.79. The van der Waals surface area contributed by atoms with Gasteiger partial charge in [0.2, 0.25) is 5.91 Å². The molecule has 2 N–H and O–H groups in total. The van der Waals surface area contributed by atoms with E-state index >= 15 is 0 Å². The highest BCUT2D eigenvalue weighted by Crippen LogP contribution is 2.22. The molecule has 9 heteroatoms. The Balaban J connectivity index is 1.67. The summed E-state index contributed by atoms with van der Waals surface area (Å²) >= 11 is 0. The number of amidine groups is 1. The first kappa shape index (κ1) is 18.8. The van der Waals surface area contributed by atoms with Gasteiger partial charge >= 0.3 is 0 Å². The number of hydrogen-bond acceptors (Lipinski definition) is 6. The smallest absolute Gasteiger partial charge is 0.263 e. The molecular formula is C18H21N5O3S. The number of sulfonamides is 1. The molecular weight excluding hydrogens is 366 g/mol. The molecule has 0 spiro atoms. The van der Waals surface area contributed by atoms with Gasteiger partial charge in [-0.25, -0.2) is 13.4 Å². The van der Waals surface area contributed by atoms with Crippen LogP contribution in [0.4, 0.5) is 5.82 Å². The van der Waals surface area contributed by atoms with Crippen molar-refractivity contribution in [3.63, 3.8) is 0 Å². The van der Waals surface area contributed by atoms with Gasteiger partial charge in [-0.2, -0.15) is 0 Å². The summed E-state index contributed by atoms with van der Waals surface area (Å²) in [5.41, 5.74) is 1.33. The number of rotatable bonds is 5. The van der Waals surface area contributed by atoms with E-state index in [0.717, 1.165) is 11.4 Å². The molecule has 1 amide bonds. The predicted molar refractivity (Wildman–Crippen MR) is 103 cm³/mol. The van der Waals surface area contributed by atoms with Gasteiger partial charge in [0, 0.05) is 32.4 Å². The summed E-state index contributed by atoms with van der Waals surface area (Å²) in [7, 11) is 0.188. The van der Waals surface area contributed by atoms with Crippen molar-refractivity contribution in [2.45, 2.75) is 24.4 Å². The summed E-state index contributed by atoms with van der Waals surface area (Å²) < 4.78 is 26.6. The van der Waals surface area contributed by atoms with Crippen LogP contribution in [-0.2, 0) is 21.4 Å². The predicted octanol–water partition coefficient (Wildman–Crippen LogP) is 0.891. The Morgan fingerprint density at radius 1 is 1.26 bits per heavy atom. The standard InChI is InChI=1S/C18H21N5O3S/c1-12(18(24)20-11-13-8-9-16(19-10-13)23(2)3)21-17-14-6-4-5-7-15(14)27(25,26)22-17/h4-10,12H,11H2,1-3H3,(H,20,24)(H,21,22)/t12-/m0/s1. The lowest BCUT2D eigenvalue weighted by Gasteiger charge is -2.12. The lowest BCUT2D eigenvalue weighted by molar-refractivity contribution is -0.122. The Kier molecular flexibility index (Phi) is 5.13. The number of amides is 1. The van der Waals surface area contributed by atoms with E-state index in [-0.39, 0.29) is 16.6 Å². The van der Waals surface area contributed by atoms with Gasteiger partial charge in [-0.15, -0.1) is 0 Å². The first-order chi connectivity index (χ1) is 12.8. The van der Waals surface area contributed by atoms with Crippen LogP contribution >= 0.6 is 0 Å². The van der Waals surface area contributed by atoms with E-state index in [4.69, 9.17) is 0 Å². The maximum atomic E-state index is 12.3. The minimum atomic E-state index is -3.62. The van der Waals surface area contributed by atoms with E-state index in [9.17, 15) is 13.2 Å². The van der Waals surface area contributed by atoms with Crippen molar-refractivity contribution in [2.24, 2.45) is 4.99 Å². The van der Waals surface area contributed by atoms with Crippen molar-refractivity contribution in [1.82, 2.24) is 15.0 Å². The molecule has 27 heavy (non-hydrogen) atoms. The molecule has 1 aliphatic rings. The highest BCUT2D eigenvalue weighted by molar-refractivity contribution is 7.90. The molecule has 2 aromatic rings. The van der Waals surface area contributed by atoms with Crippen LogP contribution in [0.15, 0.2) is 52.5 Å². The number of pyridine rings is 1. The molecule has 0 unspecified atom stereocenters. The van der Waals surface area contributed by atoms with E-state index in [1.54, 1.807) is 31.3 Å². The number of fused-ring (bicyclic) bond motifs is 1. The Morgan fingerprint density at radius 3 is 2.67 bits per heavy atom. The van der Waals surface area contributed by atoms with Gasteiger partial charge in [0.15, 0.2) is 0 Å². The van der Waals surface area contributed by atoms with Crippen molar-refractivity contribution in [1.29, 1.82) is 0 Å². The second-order valence-corrected chi connectivity index (χ2v) is 8.04. The van der Waals surface area contributed by atoms with Gasteiger partial charge in [-0.3, -0.25) is 14.5 Å². The third-order valence-electron chi connectivity index (χ3n) is 4.10. The first-order valence-electron chi connectivity index (χ1n) is 8.38. The number of anilines is 1. The number of nitrogens with one attached hydrogen (secondary N) is 2. The first-order valence-corrected chi connectivity index (χ1v) is 9.86. The zero-order valence-corrected chi connectivity index (χ0v) is 16.1. The molecule has 1 aromatic heterocycles. The zero-order valence-electron chi connectivity index (χ0n) is 15.3. The third-order valence-corrected chi connectivity index (χ3v) is 5.50. The van der Waals surface area contributed by atoms with E-state index in [0.29, 0.717) is 12.1 Å². The number of hydrogen-bond donors (Lipinski definition) is 2. The summed E-state index contributed by atoms with van der Waals surface area (Å²) in [6.45, 7) is 1.93. The Labute approximate surface area is 158 Å². The molecule has 0 fully saturated rings. The van der Waals surface area contributed by atoms with Crippen LogP contribution < -0.4 is 14.9 Å². The summed E-state index contributed by atoms with van der Waals surface area (Å²) in [6.07, 6.45) is 1.70. The van der Waals surface area contributed by atoms with E-state index in [1.165, 1.54) is 6.07 Å². The second-order valence-electron chi connectivity index (χ2n) is 6.39. The third kappa shape index (κ3) is 4.08. The Morgan fingerprint density at radius 2 is 2.00 bits per heavy atom. The van der Waals surface area contributed by atoms with Crippen molar-refractivity contribution in [3.05, 3.63) is 53.7 Å². The molecule has 0 saturated heterocycles. The summed E-state index contributed by atoms with van der Waals surface area (Å²) in [5.74, 6) is 0.713. The van der Waals surface area contributed by atoms with E-state index in [1.807, 2.05) is 31.1 Å². The molecule has 142 valence electrons. The number of aliphatic imine (C=N–C) groups is 1. The van der Waals surface area contributed by atoms with Crippen LogP contribution in [0.1, 0.15) is 18.1 Å². The maximum absolute atomic E-state index is 12.3. The fraction of sp³-hybridized carbons (Fsp3) is 0.278. The van der Waals surface area contributed by atoms with Crippen molar-refractivity contribution < 1.29 is 13.2 Å². The molecule has 1 aliphatic heterocycles. The van der Waals surface area contributed by atoms with Crippen molar-refractivity contribution in [2.75, 3.05) is 19.0 Å². The lowest BCUT2D eigenvalue weighted by Crippen LogP contribution is -2.33. The number of benzene rings is 1. The molecule has 0 aliphatic carbocycles. The highest BCUT2D eigenvalue weighted by Gasteiger charge is 2.31. The molecule has 2 heterocycles. The van der Waals surface area contributed by atoms with Gasteiger partial charge in [0.1, 0.15) is 17.7 Å². The Hall–Kier alpha value is -2.94. The van der Waals surface area contributed by atoms with Crippen LogP contribution in [0.3, 0.4) is 0 Å². The Bertz CT molecular complexity index is 984. The normalized spacial score (nSPS) is 17.1. The molecule has 8 nitrogen and oxygen atoms in total. The SMILES string of the molecule is C[C@H](N=C1NS(=O)(=O)c2ccccc21)C(=O)NCc1ccc(N(C)C)nc1. The monoisotopic (exact) mass is 387 g/mol. The largest absolute Gasteiger partial charge is 0.363 e. The average molecular weight is 387 g/mol. The van der Waals surface area contributed by atoms with Crippen LogP contribution in [0.25, 0.3) is 0 Å². The average Bonchev–Trinajstić information content (AvgIpc) is 2.90. The number of carbonyl (C=O) groups excluding carboxylic acids is 1. The fourth-order valence-corrected chi connectivity index (χ4v) is 3.84. The van der Waals surface area contributed by atoms with Crippen LogP contribution in [-0.4, -0.2) is 45.3 Å². The van der Waals surface area contributed by atoms with Gasteiger partial charge in [0.05, 0.1) is 4.90 Å². The number of aromatic nitrogens is 1. The molecule has 1 aromatic carbocycles. The van der Waals surface area contributed by atoms with Crippen LogP contribution in [0.5, 0.6) is 0 Å². The van der Waals surface area contributed by atoms with E-state index in [2.05, 4.69) is 20.0 Å². The maximum Gasteiger partial charge on any atom is 0.263 e. The van der Waals surface area contributed by atoms with Gasteiger partial charge in [0.25, 0.3) is 10.0 Å². The van der Waals surface area contributed by atoms with Gasteiger partial charge in [-0.1, -0.05) is 18.2 Å². The van der Waals surface area contributed by atoms with Crippen molar-refractivity contribution in [3.8, 4) is 0 Å². The van der Waals surface area contributed by atoms with Crippen LogP contribution in [0.2, 0.25) is 0 Å². The molecule has 0 bridgehead atoms. The zero-order chi connectivity index (χ0) is 19.6. The highest BCUT2D eigenvalue weighted by atomic mass is 32.2.